The standard InChI is InChI=1S/C16H25N3S/c1-4-8-17-14(12-16-7-6-9-20-16)11-15-10-13(5-2)18-19(15)3/h6-7,9-10,14,17H,4-5,8,11-12H2,1-3H3. The molecule has 0 aliphatic rings. The molecule has 2 aromatic heterocycles. The molecule has 0 aromatic carbocycles. The molecule has 0 saturated heterocycles. The van der Waals surface area contributed by atoms with Crippen molar-refractivity contribution in [3.63, 3.8) is 0 Å². The number of nitrogens with zero attached hydrogens (tertiary/aromatic N) is 2. The van der Waals surface area contributed by atoms with Gasteiger partial charge in [0.1, 0.15) is 0 Å². The van der Waals surface area contributed by atoms with E-state index in [2.05, 4.69) is 54.9 Å². The first-order chi connectivity index (χ1) is 9.72. The smallest absolute Gasteiger partial charge is 0.0624 e. The van der Waals surface area contributed by atoms with E-state index in [9.17, 15) is 0 Å². The fraction of sp³-hybridized carbons (Fsp3) is 0.562. The Morgan fingerprint density at radius 1 is 1.35 bits per heavy atom. The van der Waals surface area contributed by atoms with Gasteiger partial charge in [-0.05, 0) is 43.3 Å². The van der Waals surface area contributed by atoms with Crippen LogP contribution in [0.15, 0.2) is 23.6 Å². The molecule has 0 spiro atoms. The minimum Gasteiger partial charge on any atom is -0.313 e. The van der Waals surface area contributed by atoms with E-state index in [1.54, 1.807) is 0 Å². The van der Waals surface area contributed by atoms with E-state index in [1.165, 1.54) is 22.7 Å². The highest BCUT2D eigenvalue weighted by molar-refractivity contribution is 7.09. The van der Waals surface area contributed by atoms with Crippen LogP contribution >= 0.6 is 11.3 Å². The summed E-state index contributed by atoms with van der Waals surface area (Å²) in [6.45, 7) is 5.45. The molecule has 3 nitrogen and oxygen atoms in total. The molecular weight excluding hydrogens is 266 g/mol. The van der Waals surface area contributed by atoms with Gasteiger partial charge in [-0.3, -0.25) is 4.68 Å². The maximum absolute atomic E-state index is 4.55. The summed E-state index contributed by atoms with van der Waals surface area (Å²) < 4.78 is 2.04. The summed E-state index contributed by atoms with van der Waals surface area (Å²) in [7, 11) is 2.05. The Kier molecular flexibility index (Phi) is 5.80. The first kappa shape index (κ1) is 15.3. The molecule has 0 amide bonds. The minimum absolute atomic E-state index is 0.494. The topological polar surface area (TPSA) is 29.9 Å². The Bertz CT molecular complexity index is 502. The molecule has 0 fully saturated rings. The predicted molar refractivity (Wildman–Crippen MR) is 86.4 cm³/mol. The molecule has 0 aliphatic carbocycles. The Hall–Kier alpha value is -1.13. The van der Waals surface area contributed by atoms with Gasteiger partial charge in [0.15, 0.2) is 0 Å². The van der Waals surface area contributed by atoms with Crippen molar-refractivity contribution in [2.45, 2.75) is 45.6 Å². The molecule has 2 rings (SSSR count). The van der Waals surface area contributed by atoms with E-state index in [1.807, 2.05) is 16.0 Å². The zero-order chi connectivity index (χ0) is 14.4. The maximum atomic E-state index is 4.55. The molecular formula is C16H25N3S. The maximum Gasteiger partial charge on any atom is 0.0624 e. The van der Waals surface area contributed by atoms with E-state index in [4.69, 9.17) is 0 Å². The van der Waals surface area contributed by atoms with Gasteiger partial charge in [0, 0.05) is 30.1 Å². The average molecular weight is 291 g/mol. The molecule has 2 aromatic rings. The van der Waals surface area contributed by atoms with Crippen molar-refractivity contribution in [3.05, 3.63) is 39.8 Å². The molecule has 1 unspecified atom stereocenters. The lowest BCUT2D eigenvalue weighted by Crippen LogP contribution is -2.34. The number of aromatic nitrogens is 2. The average Bonchev–Trinajstić information content (AvgIpc) is 3.06. The van der Waals surface area contributed by atoms with Crippen LogP contribution in [0, 0.1) is 0 Å². The third kappa shape index (κ3) is 4.18. The second-order valence-corrected chi connectivity index (χ2v) is 6.28. The van der Waals surface area contributed by atoms with Crippen molar-refractivity contribution in [2.24, 2.45) is 7.05 Å². The molecule has 0 saturated carbocycles. The normalized spacial score (nSPS) is 12.8. The molecule has 1 atom stereocenters. The van der Waals surface area contributed by atoms with Crippen molar-refractivity contribution < 1.29 is 0 Å². The van der Waals surface area contributed by atoms with Crippen LogP contribution in [0.2, 0.25) is 0 Å². The van der Waals surface area contributed by atoms with E-state index in [-0.39, 0.29) is 0 Å². The van der Waals surface area contributed by atoms with Crippen LogP contribution in [0.3, 0.4) is 0 Å². The third-order valence-electron chi connectivity index (χ3n) is 3.56. The summed E-state index contributed by atoms with van der Waals surface area (Å²) in [5, 5.41) is 10.4. The number of hydrogen-bond donors (Lipinski definition) is 1. The quantitative estimate of drug-likeness (QED) is 0.809. The predicted octanol–water partition coefficient (Wildman–Crippen LogP) is 3.20. The van der Waals surface area contributed by atoms with Crippen molar-refractivity contribution >= 4 is 11.3 Å². The van der Waals surface area contributed by atoms with Gasteiger partial charge >= 0.3 is 0 Å². The Labute approximate surface area is 126 Å². The Morgan fingerprint density at radius 2 is 2.20 bits per heavy atom. The molecule has 110 valence electrons. The highest BCUT2D eigenvalue weighted by Crippen LogP contribution is 2.14. The minimum atomic E-state index is 0.494. The summed E-state index contributed by atoms with van der Waals surface area (Å²) in [6.07, 6.45) is 4.32. The molecule has 4 heteroatoms. The number of nitrogens with one attached hydrogen (secondary N) is 1. The van der Waals surface area contributed by atoms with Crippen molar-refractivity contribution in [1.82, 2.24) is 15.1 Å². The van der Waals surface area contributed by atoms with E-state index in [0.29, 0.717) is 6.04 Å². The molecule has 1 N–H and O–H groups in total. The fourth-order valence-corrected chi connectivity index (χ4v) is 3.21. The van der Waals surface area contributed by atoms with E-state index in [0.717, 1.165) is 25.8 Å². The highest BCUT2D eigenvalue weighted by atomic mass is 32.1. The monoisotopic (exact) mass is 291 g/mol. The largest absolute Gasteiger partial charge is 0.313 e. The van der Waals surface area contributed by atoms with Crippen molar-refractivity contribution in [3.8, 4) is 0 Å². The third-order valence-corrected chi connectivity index (χ3v) is 4.45. The van der Waals surface area contributed by atoms with Crippen LogP contribution in [0.25, 0.3) is 0 Å². The SMILES string of the molecule is CCCNC(Cc1cccs1)Cc1cc(CC)nn1C. The van der Waals surface area contributed by atoms with Crippen LogP contribution < -0.4 is 5.32 Å². The molecule has 20 heavy (non-hydrogen) atoms. The van der Waals surface area contributed by atoms with Gasteiger partial charge in [-0.2, -0.15) is 5.10 Å². The van der Waals surface area contributed by atoms with Gasteiger partial charge in [-0.15, -0.1) is 11.3 Å². The van der Waals surface area contributed by atoms with Crippen LogP contribution in [-0.2, 0) is 26.3 Å². The molecule has 0 radical (unpaired) electrons. The summed E-state index contributed by atoms with van der Waals surface area (Å²) in [6, 6.07) is 7.10. The van der Waals surface area contributed by atoms with Crippen molar-refractivity contribution in [2.75, 3.05) is 6.54 Å². The molecule has 2 heterocycles. The Balaban J connectivity index is 2.03. The van der Waals surface area contributed by atoms with Gasteiger partial charge in [0.25, 0.3) is 0 Å². The van der Waals surface area contributed by atoms with Gasteiger partial charge in [0.05, 0.1) is 5.69 Å². The summed E-state index contributed by atoms with van der Waals surface area (Å²) >= 11 is 1.85. The molecule has 0 bridgehead atoms. The number of hydrogen-bond acceptors (Lipinski definition) is 3. The van der Waals surface area contributed by atoms with E-state index < -0.39 is 0 Å². The highest BCUT2D eigenvalue weighted by Gasteiger charge is 2.13. The summed E-state index contributed by atoms with van der Waals surface area (Å²) in [4.78, 5) is 1.46. The second-order valence-electron chi connectivity index (χ2n) is 5.24. The van der Waals surface area contributed by atoms with Crippen LogP contribution in [0.4, 0.5) is 0 Å². The lowest BCUT2D eigenvalue weighted by molar-refractivity contribution is 0.493. The zero-order valence-electron chi connectivity index (χ0n) is 12.7. The second kappa shape index (κ2) is 7.60. The fourth-order valence-electron chi connectivity index (χ4n) is 2.42. The number of rotatable bonds is 8. The van der Waals surface area contributed by atoms with E-state index >= 15 is 0 Å². The first-order valence-electron chi connectivity index (χ1n) is 7.50. The zero-order valence-corrected chi connectivity index (χ0v) is 13.5. The van der Waals surface area contributed by atoms with Gasteiger partial charge in [-0.25, -0.2) is 0 Å². The van der Waals surface area contributed by atoms with Gasteiger partial charge in [0.2, 0.25) is 0 Å². The van der Waals surface area contributed by atoms with Gasteiger partial charge < -0.3 is 5.32 Å². The van der Waals surface area contributed by atoms with Crippen LogP contribution in [-0.4, -0.2) is 22.4 Å². The van der Waals surface area contributed by atoms with Crippen LogP contribution in [0.5, 0.6) is 0 Å². The summed E-state index contributed by atoms with van der Waals surface area (Å²) in [5.74, 6) is 0. The summed E-state index contributed by atoms with van der Waals surface area (Å²) in [5.41, 5.74) is 2.51. The lowest BCUT2D eigenvalue weighted by Gasteiger charge is -2.18. The molecule has 0 aliphatic heterocycles. The van der Waals surface area contributed by atoms with Crippen molar-refractivity contribution in [1.29, 1.82) is 0 Å². The number of thiophene rings is 1. The van der Waals surface area contributed by atoms with Gasteiger partial charge in [-0.1, -0.05) is 19.9 Å². The van der Waals surface area contributed by atoms with Crippen LogP contribution in [0.1, 0.15) is 36.5 Å². The first-order valence-corrected chi connectivity index (χ1v) is 8.38. The Morgan fingerprint density at radius 3 is 2.80 bits per heavy atom. The number of aryl methyl sites for hydroxylation is 2. The lowest BCUT2D eigenvalue weighted by atomic mass is 10.1.